The molecule has 1 aliphatic rings. The van der Waals surface area contributed by atoms with Gasteiger partial charge in [0.05, 0.1) is 10.0 Å². The first kappa shape index (κ1) is 14.5. The fourth-order valence-corrected chi connectivity index (χ4v) is 3.88. The van der Waals surface area contributed by atoms with E-state index in [1.165, 1.54) is 5.75 Å². The van der Waals surface area contributed by atoms with Crippen molar-refractivity contribution in [1.82, 2.24) is 4.90 Å². The largest absolute Gasteiger partial charge is 0.326 e. The fraction of sp³-hybridized carbons (Fsp3) is 0.538. The van der Waals surface area contributed by atoms with Gasteiger partial charge in [-0.2, -0.15) is 11.8 Å². The van der Waals surface area contributed by atoms with Crippen molar-refractivity contribution in [3.8, 4) is 0 Å². The molecule has 2 atom stereocenters. The van der Waals surface area contributed by atoms with Crippen LogP contribution in [-0.2, 0) is 6.42 Å². The van der Waals surface area contributed by atoms with Gasteiger partial charge >= 0.3 is 0 Å². The highest BCUT2D eigenvalue weighted by Crippen LogP contribution is 2.24. The third-order valence-corrected chi connectivity index (χ3v) is 5.18. The summed E-state index contributed by atoms with van der Waals surface area (Å²) in [6.45, 7) is 1.12. The van der Waals surface area contributed by atoms with Gasteiger partial charge in [-0.15, -0.1) is 0 Å². The molecule has 1 aliphatic heterocycles. The van der Waals surface area contributed by atoms with E-state index in [-0.39, 0.29) is 6.04 Å². The van der Waals surface area contributed by atoms with Gasteiger partial charge in [0.15, 0.2) is 0 Å². The molecule has 2 N–H and O–H groups in total. The van der Waals surface area contributed by atoms with E-state index in [2.05, 4.69) is 11.9 Å². The van der Waals surface area contributed by atoms with Crippen LogP contribution in [-0.4, -0.2) is 42.1 Å². The number of benzene rings is 1. The number of nitrogens with two attached hydrogens (primary N) is 1. The van der Waals surface area contributed by atoms with E-state index in [1.54, 1.807) is 0 Å². The predicted molar refractivity (Wildman–Crippen MR) is 81.9 cm³/mol. The molecule has 1 heterocycles. The van der Waals surface area contributed by atoms with Crippen molar-refractivity contribution >= 4 is 35.0 Å². The van der Waals surface area contributed by atoms with E-state index in [1.807, 2.05) is 30.0 Å². The number of halogens is 2. The van der Waals surface area contributed by atoms with Gasteiger partial charge in [0, 0.05) is 30.1 Å². The molecule has 5 heteroatoms. The van der Waals surface area contributed by atoms with E-state index in [0.717, 1.165) is 24.3 Å². The van der Waals surface area contributed by atoms with Gasteiger partial charge in [-0.1, -0.05) is 29.3 Å². The Hall–Kier alpha value is 0.0700. The molecular formula is C13H18Cl2N2S. The van der Waals surface area contributed by atoms with Gasteiger partial charge in [-0.3, -0.25) is 0 Å². The van der Waals surface area contributed by atoms with E-state index in [4.69, 9.17) is 28.9 Å². The lowest BCUT2D eigenvalue weighted by atomic mass is 10.0. The van der Waals surface area contributed by atoms with Crippen LogP contribution in [0.4, 0.5) is 0 Å². The molecule has 1 aromatic carbocycles. The minimum Gasteiger partial charge on any atom is -0.326 e. The maximum absolute atomic E-state index is 6.33. The minimum atomic E-state index is 0.139. The third-order valence-electron chi connectivity index (χ3n) is 3.39. The topological polar surface area (TPSA) is 29.3 Å². The number of hydrogen-bond acceptors (Lipinski definition) is 3. The van der Waals surface area contributed by atoms with Crippen LogP contribution in [0.3, 0.4) is 0 Å². The molecule has 2 rings (SSSR count). The molecule has 0 spiro atoms. The molecule has 2 unspecified atom stereocenters. The summed E-state index contributed by atoms with van der Waals surface area (Å²) in [4.78, 5) is 2.36. The average Bonchev–Trinajstić information content (AvgIpc) is 2.34. The smallest absolute Gasteiger partial charge is 0.0595 e. The SMILES string of the molecule is CN1CCSCC1C(N)Cc1ccc(Cl)c(Cl)c1. The highest BCUT2D eigenvalue weighted by Gasteiger charge is 2.25. The number of likely N-dealkylation sites (N-methyl/N-ethyl adjacent to an activating group) is 1. The summed E-state index contributed by atoms with van der Waals surface area (Å²) in [5.41, 5.74) is 7.48. The monoisotopic (exact) mass is 304 g/mol. The Morgan fingerprint density at radius 1 is 1.44 bits per heavy atom. The fourth-order valence-electron chi connectivity index (χ4n) is 2.23. The summed E-state index contributed by atoms with van der Waals surface area (Å²) >= 11 is 13.9. The lowest BCUT2D eigenvalue weighted by Crippen LogP contribution is -2.51. The summed E-state index contributed by atoms with van der Waals surface area (Å²) in [6, 6.07) is 6.34. The second-order valence-corrected chi connectivity index (χ2v) is 6.70. The molecule has 2 nitrogen and oxygen atoms in total. The van der Waals surface area contributed by atoms with E-state index in [9.17, 15) is 0 Å². The molecule has 1 fully saturated rings. The first-order valence-corrected chi connectivity index (χ1v) is 7.96. The molecule has 100 valence electrons. The highest BCUT2D eigenvalue weighted by atomic mass is 35.5. The maximum atomic E-state index is 6.33. The molecule has 18 heavy (non-hydrogen) atoms. The van der Waals surface area contributed by atoms with Crippen molar-refractivity contribution in [2.75, 3.05) is 25.1 Å². The van der Waals surface area contributed by atoms with Crippen LogP contribution in [0.15, 0.2) is 18.2 Å². The minimum absolute atomic E-state index is 0.139. The zero-order valence-corrected chi connectivity index (χ0v) is 12.7. The van der Waals surface area contributed by atoms with Crippen LogP contribution in [0.2, 0.25) is 10.0 Å². The predicted octanol–water partition coefficient (Wildman–Crippen LogP) is 2.91. The summed E-state index contributed by atoms with van der Waals surface area (Å²) in [5.74, 6) is 2.31. The summed E-state index contributed by atoms with van der Waals surface area (Å²) in [6.07, 6.45) is 0.840. The van der Waals surface area contributed by atoms with Crippen LogP contribution < -0.4 is 5.73 Å². The Balaban J connectivity index is 2.01. The first-order chi connectivity index (χ1) is 8.58. The normalized spacial score (nSPS) is 23.0. The molecule has 0 amide bonds. The standard InChI is InChI=1S/C13H18Cl2N2S/c1-17-4-5-18-8-13(17)12(16)7-9-2-3-10(14)11(15)6-9/h2-3,6,12-13H,4-5,7-8,16H2,1H3. The Morgan fingerprint density at radius 3 is 2.89 bits per heavy atom. The van der Waals surface area contributed by atoms with Gasteiger partial charge < -0.3 is 10.6 Å². The zero-order chi connectivity index (χ0) is 13.1. The Morgan fingerprint density at radius 2 is 2.22 bits per heavy atom. The second kappa shape index (κ2) is 6.49. The molecule has 1 saturated heterocycles. The quantitative estimate of drug-likeness (QED) is 0.931. The van der Waals surface area contributed by atoms with Gasteiger partial charge in [0.1, 0.15) is 0 Å². The number of rotatable bonds is 3. The van der Waals surface area contributed by atoms with Gasteiger partial charge in [-0.25, -0.2) is 0 Å². The van der Waals surface area contributed by atoms with Gasteiger partial charge in [-0.05, 0) is 31.2 Å². The van der Waals surface area contributed by atoms with Crippen molar-refractivity contribution in [2.24, 2.45) is 5.73 Å². The first-order valence-electron chi connectivity index (χ1n) is 6.05. The van der Waals surface area contributed by atoms with Crippen molar-refractivity contribution in [2.45, 2.75) is 18.5 Å². The van der Waals surface area contributed by atoms with Crippen molar-refractivity contribution < 1.29 is 0 Å². The number of thioether (sulfide) groups is 1. The van der Waals surface area contributed by atoms with Crippen LogP contribution in [0.25, 0.3) is 0 Å². The number of nitrogens with zero attached hydrogens (tertiary/aromatic N) is 1. The lowest BCUT2D eigenvalue weighted by Gasteiger charge is -2.36. The van der Waals surface area contributed by atoms with E-state index in [0.29, 0.717) is 16.1 Å². The second-order valence-electron chi connectivity index (χ2n) is 4.74. The Labute approximate surface area is 123 Å². The van der Waals surface area contributed by atoms with E-state index < -0.39 is 0 Å². The van der Waals surface area contributed by atoms with E-state index >= 15 is 0 Å². The third kappa shape index (κ3) is 3.55. The highest BCUT2D eigenvalue weighted by molar-refractivity contribution is 7.99. The van der Waals surface area contributed by atoms with Crippen LogP contribution in [0, 0.1) is 0 Å². The molecule has 0 aromatic heterocycles. The van der Waals surface area contributed by atoms with Crippen molar-refractivity contribution in [3.05, 3.63) is 33.8 Å². The molecular weight excluding hydrogens is 287 g/mol. The van der Waals surface area contributed by atoms with Gasteiger partial charge in [0.2, 0.25) is 0 Å². The van der Waals surface area contributed by atoms with Crippen LogP contribution >= 0.6 is 35.0 Å². The van der Waals surface area contributed by atoms with Crippen molar-refractivity contribution in [1.29, 1.82) is 0 Å². The maximum Gasteiger partial charge on any atom is 0.0595 e. The molecule has 0 saturated carbocycles. The molecule has 1 aromatic rings. The molecule has 0 bridgehead atoms. The Kier molecular flexibility index (Phi) is 5.22. The van der Waals surface area contributed by atoms with Crippen LogP contribution in [0.5, 0.6) is 0 Å². The van der Waals surface area contributed by atoms with Crippen molar-refractivity contribution in [3.63, 3.8) is 0 Å². The summed E-state index contributed by atoms with van der Waals surface area (Å²) < 4.78 is 0. The summed E-state index contributed by atoms with van der Waals surface area (Å²) in [5, 5.41) is 1.20. The van der Waals surface area contributed by atoms with Crippen LogP contribution in [0.1, 0.15) is 5.56 Å². The van der Waals surface area contributed by atoms with Gasteiger partial charge in [0.25, 0.3) is 0 Å². The average molecular weight is 305 g/mol. The Bertz CT molecular complexity index is 414. The molecule has 0 radical (unpaired) electrons. The summed E-state index contributed by atoms with van der Waals surface area (Å²) in [7, 11) is 2.15. The molecule has 0 aliphatic carbocycles. The lowest BCUT2D eigenvalue weighted by molar-refractivity contribution is 0.235. The number of hydrogen-bond donors (Lipinski definition) is 1. The zero-order valence-electron chi connectivity index (χ0n) is 10.4.